The molecule has 0 bridgehead atoms. The molecule has 3 heteroatoms. The van der Waals surface area contributed by atoms with Gasteiger partial charge in [-0.1, -0.05) is 19.8 Å². The predicted octanol–water partition coefficient (Wildman–Crippen LogP) is 1.28. The SMILES string of the molecule is CC1CC1C(=O)NCC1CCCCC1N. The minimum Gasteiger partial charge on any atom is -0.356 e. The van der Waals surface area contributed by atoms with Crippen molar-refractivity contribution in [2.45, 2.75) is 45.1 Å². The number of hydrogen-bond acceptors (Lipinski definition) is 2. The first-order valence-electron chi connectivity index (χ1n) is 6.21. The van der Waals surface area contributed by atoms with Crippen LogP contribution in [0.25, 0.3) is 0 Å². The third-order valence-corrected chi connectivity index (χ3v) is 3.95. The summed E-state index contributed by atoms with van der Waals surface area (Å²) in [6.07, 6.45) is 5.91. The number of amides is 1. The van der Waals surface area contributed by atoms with Crippen LogP contribution in [0.2, 0.25) is 0 Å². The standard InChI is InChI=1S/C12H22N2O/c1-8-6-10(8)12(15)14-7-9-4-2-3-5-11(9)13/h8-11H,2-7,13H2,1H3,(H,14,15). The Labute approximate surface area is 91.8 Å². The highest BCUT2D eigenvalue weighted by molar-refractivity contribution is 5.81. The lowest BCUT2D eigenvalue weighted by atomic mass is 9.85. The van der Waals surface area contributed by atoms with Gasteiger partial charge in [-0.3, -0.25) is 4.79 Å². The highest BCUT2D eigenvalue weighted by Gasteiger charge is 2.39. The summed E-state index contributed by atoms with van der Waals surface area (Å²) < 4.78 is 0. The van der Waals surface area contributed by atoms with E-state index in [0.717, 1.165) is 19.4 Å². The lowest BCUT2D eigenvalue weighted by molar-refractivity contribution is -0.122. The number of nitrogens with two attached hydrogens (primary N) is 1. The molecule has 15 heavy (non-hydrogen) atoms. The Hall–Kier alpha value is -0.570. The van der Waals surface area contributed by atoms with E-state index in [0.29, 0.717) is 23.8 Å². The second kappa shape index (κ2) is 4.52. The first-order chi connectivity index (χ1) is 7.18. The van der Waals surface area contributed by atoms with Gasteiger partial charge in [0.25, 0.3) is 0 Å². The van der Waals surface area contributed by atoms with E-state index in [2.05, 4.69) is 12.2 Å². The Morgan fingerprint density at radius 3 is 2.67 bits per heavy atom. The van der Waals surface area contributed by atoms with Crippen molar-refractivity contribution in [3.05, 3.63) is 0 Å². The molecule has 0 aromatic rings. The molecular weight excluding hydrogens is 188 g/mol. The molecule has 2 aliphatic rings. The van der Waals surface area contributed by atoms with Crippen molar-refractivity contribution in [1.29, 1.82) is 0 Å². The molecule has 0 spiro atoms. The van der Waals surface area contributed by atoms with E-state index < -0.39 is 0 Å². The van der Waals surface area contributed by atoms with Crippen LogP contribution in [-0.4, -0.2) is 18.5 Å². The summed E-state index contributed by atoms with van der Waals surface area (Å²) in [6.45, 7) is 2.93. The number of carbonyl (C=O) groups excluding carboxylic acids is 1. The zero-order valence-electron chi connectivity index (χ0n) is 9.54. The summed E-state index contributed by atoms with van der Waals surface area (Å²) >= 11 is 0. The highest BCUT2D eigenvalue weighted by atomic mass is 16.2. The summed E-state index contributed by atoms with van der Waals surface area (Å²) in [6, 6.07) is 0.302. The number of carbonyl (C=O) groups is 1. The summed E-state index contributed by atoms with van der Waals surface area (Å²) in [5.74, 6) is 1.66. The van der Waals surface area contributed by atoms with Gasteiger partial charge in [-0.15, -0.1) is 0 Å². The van der Waals surface area contributed by atoms with Crippen LogP contribution in [0.1, 0.15) is 39.0 Å². The minimum atomic E-state index is 0.250. The Balaban J connectivity index is 1.70. The second-order valence-electron chi connectivity index (χ2n) is 5.27. The normalized spacial score (nSPS) is 39.9. The smallest absolute Gasteiger partial charge is 0.223 e. The van der Waals surface area contributed by atoms with Gasteiger partial charge in [0.2, 0.25) is 5.91 Å². The molecule has 0 aliphatic heterocycles. The fourth-order valence-electron chi connectivity index (χ4n) is 2.54. The summed E-state index contributed by atoms with van der Waals surface area (Å²) in [5, 5.41) is 3.06. The van der Waals surface area contributed by atoms with E-state index in [1.807, 2.05) is 0 Å². The van der Waals surface area contributed by atoms with E-state index in [-0.39, 0.29) is 5.91 Å². The molecular formula is C12H22N2O. The van der Waals surface area contributed by atoms with Crippen molar-refractivity contribution < 1.29 is 4.79 Å². The highest BCUT2D eigenvalue weighted by Crippen LogP contribution is 2.37. The van der Waals surface area contributed by atoms with Crippen LogP contribution in [0.4, 0.5) is 0 Å². The molecule has 0 heterocycles. The summed E-state index contributed by atoms with van der Waals surface area (Å²) in [7, 11) is 0. The summed E-state index contributed by atoms with van der Waals surface area (Å²) in [5.41, 5.74) is 6.03. The fourth-order valence-corrected chi connectivity index (χ4v) is 2.54. The molecule has 0 aromatic carbocycles. The maximum absolute atomic E-state index is 11.6. The van der Waals surface area contributed by atoms with Crippen molar-refractivity contribution in [3.8, 4) is 0 Å². The molecule has 1 amide bonds. The molecule has 3 nitrogen and oxygen atoms in total. The van der Waals surface area contributed by atoms with Crippen LogP contribution in [0.3, 0.4) is 0 Å². The molecule has 0 aromatic heterocycles. The first-order valence-corrected chi connectivity index (χ1v) is 6.21. The van der Waals surface area contributed by atoms with Crippen LogP contribution >= 0.6 is 0 Å². The lowest BCUT2D eigenvalue weighted by Crippen LogP contribution is -2.41. The zero-order chi connectivity index (χ0) is 10.8. The second-order valence-corrected chi connectivity index (χ2v) is 5.27. The van der Waals surface area contributed by atoms with Crippen molar-refractivity contribution in [2.75, 3.05) is 6.54 Å². The Morgan fingerprint density at radius 2 is 2.07 bits per heavy atom. The van der Waals surface area contributed by atoms with Gasteiger partial charge in [0.15, 0.2) is 0 Å². The number of hydrogen-bond donors (Lipinski definition) is 2. The maximum Gasteiger partial charge on any atom is 0.223 e. The van der Waals surface area contributed by atoms with Gasteiger partial charge in [-0.05, 0) is 31.1 Å². The third kappa shape index (κ3) is 2.71. The fraction of sp³-hybridized carbons (Fsp3) is 0.917. The molecule has 86 valence electrons. The topological polar surface area (TPSA) is 55.1 Å². The van der Waals surface area contributed by atoms with E-state index in [9.17, 15) is 4.79 Å². The van der Waals surface area contributed by atoms with Gasteiger partial charge >= 0.3 is 0 Å². The molecule has 0 saturated heterocycles. The Morgan fingerprint density at radius 1 is 1.40 bits per heavy atom. The van der Waals surface area contributed by atoms with Gasteiger partial charge in [0.1, 0.15) is 0 Å². The van der Waals surface area contributed by atoms with Gasteiger partial charge in [-0.2, -0.15) is 0 Å². The van der Waals surface area contributed by atoms with Crippen molar-refractivity contribution in [2.24, 2.45) is 23.5 Å². The summed E-state index contributed by atoms with van der Waals surface area (Å²) in [4.78, 5) is 11.6. The molecule has 2 saturated carbocycles. The number of nitrogens with one attached hydrogen (secondary N) is 1. The lowest BCUT2D eigenvalue weighted by Gasteiger charge is -2.28. The zero-order valence-corrected chi connectivity index (χ0v) is 9.54. The van der Waals surface area contributed by atoms with Crippen LogP contribution in [-0.2, 0) is 4.79 Å². The molecule has 0 radical (unpaired) electrons. The average molecular weight is 210 g/mol. The maximum atomic E-state index is 11.6. The van der Waals surface area contributed by atoms with Crippen LogP contribution in [0.5, 0.6) is 0 Å². The van der Waals surface area contributed by atoms with E-state index in [1.54, 1.807) is 0 Å². The van der Waals surface area contributed by atoms with Gasteiger partial charge < -0.3 is 11.1 Å². The first kappa shape index (κ1) is 10.9. The van der Waals surface area contributed by atoms with Crippen molar-refractivity contribution in [1.82, 2.24) is 5.32 Å². The largest absolute Gasteiger partial charge is 0.356 e. The van der Waals surface area contributed by atoms with Crippen molar-refractivity contribution >= 4 is 5.91 Å². The molecule has 3 N–H and O–H groups in total. The van der Waals surface area contributed by atoms with Gasteiger partial charge in [-0.25, -0.2) is 0 Å². The predicted molar refractivity (Wildman–Crippen MR) is 60.2 cm³/mol. The van der Waals surface area contributed by atoms with E-state index in [4.69, 9.17) is 5.73 Å². The van der Waals surface area contributed by atoms with Gasteiger partial charge in [0, 0.05) is 18.5 Å². The van der Waals surface area contributed by atoms with E-state index in [1.165, 1.54) is 19.3 Å². The van der Waals surface area contributed by atoms with E-state index >= 15 is 0 Å². The monoisotopic (exact) mass is 210 g/mol. The third-order valence-electron chi connectivity index (χ3n) is 3.95. The van der Waals surface area contributed by atoms with Crippen LogP contribution < -0.4 is 11.1 Å². The quantitative estimate of drug-likeness (QED) is 0.737. The van der Waals surface area contributed by atoms with Crippen molar-refractivity contribution in [3.63, 3.8) is 0 Å². The molecule has 2 fully saturated rings. The minimum absolute atomic E-state index is 0.250. The average Bonchev–Trinajstić information content (AvgIpc) is 2.94. The molecule has 2 rings (SSSR count). The Bertz CT molecular complexity index is 242. The molecule has 4 unspecified atom stereocenters. The van der Waals surface area contributed by atoms with Gasteiger partial charge in [0.05, 0.1) is 0 Å². The van der Waals surface area contributed by atoms with Crippen LogP contribution in [0.15, 0.2) is 0 Å². The van der Waals surface area contributed by atoms with Crippen LogP contribution in [0, 0.1) is 17.8 Å². The Kier molecular flexibility index (Phi) is 3.29. The molecule has 4 atom stereocenters. The number of rotatable bonds is 3. The molecule has 2 aliphatic carbocycles.